The Bertz CT molecular complexity index is 244. The van der Waals surface area contributed by atoms with Crippen molar-refractivity contribution in [2.75, 3.05) is 26.2 Å². The molecule has 0 unspecified atom stereocenters. The van der Waals surface area contributed by atoms with Gasteiger partial charge in [-0.25, -0.2) is 4.79 Å². The molecule has 0 aromatic rings. The summed E-state index contributed by atoms with van der Waals surface area (Å²) < 4.78 is 5.38. The SMILES string of the molecule is CC1CCN(C(=O)OC[C@H]2CCCCN2)CC1. The first kappa shape index (κ1) is 12.7. The van der Waals surface area contributed by atoms with Crippen LogP contribution in [0.2, 0.25) is 0 Å². The van der Waals surface area contributed by atoms with Crippen molar-refractivity contribution < 1.29 is 9.53 Å². The van der Waals surface area contributed by atoms with Crippen molar-refractivity contribution in [3.05, 3.63) is 0 Å². The van der Waals surface area contributed by atoms with Gasteiger partial charge in [-0.3, -0.25) is 0 Å². The minimum absolute atomic E-state index is 0.121. The van der Waals surface area contributed by atoms with Gasteiger partial charge in [0, 0.05) is 19.1 Å². The highest BCUT2D eigenvalue weighted by Gasteiger charge is 2.22. The zero-order valence-electron chi connectivity index (χ0n) is 10.8. The van der Waals surface area contributed by atoms with E-state index >= 15 is 0 Å². The van der Waals surface area contributed by atoms with Crippen LogP contribution < -0.4 is 5.32 Å². The number of ether oxygens (including phenoxy) is 1. The molecule has 2 heterocycles. The Morgan fingerprint density at radius 2 is 2.06 bits per heavy atom. The standard InChI is InChI=1S/C13H24N2O2/c1-11-5-8-15(9-6-11)13(16)17-10-12-4-2-3-7-14-12/h11-12,14H,2-10H2,1H3/t12-/m1/s1. The third-order valence-electron chi connectivity index (χ3n) is 3.86. The van der Waals surface area contributed by atoms with Crippen molar-refractivity contribution in [2.45, 2.75) is 45.1 Å². The fraction of sp³-hybridized carbons (Fsp3) is 0.923. The summed E-state index contributed by atoms with van der Waals surface area (Å²) in [7, 11) is 0. The topological polar surface area (TPSA) is 41.6 Å². The van der Waals surface area contributed by atoms with Gasteiger partial charge in [-0.15, -0.1) is 0 Å². The van der Waals surface area contributed by atoms with Crippen LogP contribution in [0.5, 0.6) is 0 Å². The highest BCUT2D eigenvalue weighted by Crippen LogP contribution is 2.16. The molecular weight excluding hydrogens is 216 g/mol. The maximum Gasteiger partial charge on any atom is 0.409 e. The molecule has 4 nitrogen and oxygen atoms in total. The highest BCUT2D eigenvalue weighted by atomic mass is 16.6. The molecule has 0 aromatic carbocycles. The summed E-state index contributed by atoms with van der Waals surface area (Å²) in [6, 6.07) is 0.372. The number of nitrogens with one attached hydrogen (secondary N) is 1. The molecule has 0 bridgehead atoms. The first-order chi connectivity index (χ1) is 8.25. The van der Waals surface area contributed by atoms with E-state index in [2.05, 4.69) is 12.2 Å². The van der Waals surface area contributed by atoms with Gasteiger partial charge in [-0.05, 0) is 38.1 Å². The molecule has 2 rings (SSSR count). The molecule has 1 amide bonds. The summed E-state index contributed by atoms with van der Waals surface area (Å²) in [4.78, 5) is 13.7. The molecule has 0 aliphatic carbocycles. The lowest BCUT2D eigenvalue weighted by molar-refractivity contribution is 0.0782. The number of nitrogens with zero attached hydrogens (tertiary/aromatic N) is 1. The fourth-order valence-electron chi connectivity index (χ4n) is 2.52. The minimum Gasteiger partial charge on any atom is -0.448 e. The van der Waals surface area contributed by atoms with E-state index in [1.807, 2.05) is 4.90 Å². The predicted octanol–water partition coefficient (Wildman–Crippen LogP) is 2.00. The van der Waals surface area contributed by atoms with E-state index in [9.17, 15) is 4.79 Å². The summed E-state index contributed by atoms with van der Waals surface area (Å²) in [5, 5.41) is 3.39. The van der Waals surface area contributed by atoms with Crippen LogP contribution in [0.1, 0.15) is 39.0 Å². The zero-order valence-corrected chi connectivity index (χ0v) is 10.8. The van der Waals surface area contributed by atoms with Crippen molar-refractivity contribution in [2.24, 2.45) is 5.92 Å². The Kier molecular flexibility index (Phi) is 4.66. The molecular formula is C13H24N2O2. The Hall–Kier alpha value is -0.770. The van der Waals surface area contributed by atoms with E-state index in [4.69, 9.17) is 4.74 Å². The smallest absolute Gasteiger partial charge is 0.409 e. The molecule has 0 saturated carbocycles. The van der Waals surface area contributed by atoms with E-state index < -0.39 is 0 Å². The summed E-state index contributed by atoms with van der Waals surface area (Å²) in [6.45, 7) is 5.55. The van der Waals surface area contributed by atoms with Crippen LogP contribution in [0.15, 0.2) is 0 Å². The molecule has 2 aliphatic heterocycles. The van der Waals surface area contributed by atoms with E-state index in [-0.39, 0.29) is 6.09 Å². The first-order valence-corrected chi connectivity index (χ1v) is 6.91. The van der Waals surface area contributed by atoms with E-state index in [0.717, 1.165) is 44.8 Å². The van der Waals surface area contributed by atoms with E-state index in [1.54, 1.807) is 0 Å². The average molecular weight is 240 g/mol. The zero-order chi connectivity index (χ0) is 12.1. The second kappa shape index (κ2) is 6.24. The van der Waals surface area contributed by atoms with Gasteiger partial charge in [0.25, 0.3) is 0 Å². The Balaban J connectivity index is 1.66. The second-order valence-electron chi connectivity index (χ2n) is 5.39. The maximum atomic E-state index is 11.8. The minimum atomic E-state index is -0.121. The summed E-state index contributed by atoms with van der Waals surface area (Å²) in [5.74, 6) is 0.749. The van der Waals surface area contributed by atoms with E-state index in [0.29, 0.717) is 12.6 Å². The van der Waals surface area contributed by atoms with Gasteiger partial charge >= 0.3 is 6.09 Å². The molecule has 98 valence electrons. The van der Waals surface area contributed by atoms with Gasteiger partial charge < -0.3 is 15.0 Å². The van der Waals surface area contributed by atoms with Gasteiger partial charge in [0.1, 0.15) is 6.61 Å². The van der Waals surface area contributed by atoms with Crippen LogP contribution in [0, 0.1) is 5.92 Å². The average Bonchev–Trinajstić information content (AvgIpc) is 2.38. The van der Waals surface area contributed by atoms with Crippen molar-refractivity contribution in [3.63, 3.8) is 0 Å². The number of carbonyl (C=O) groups is 1. The Morgan fingerprint density at radius 1 is 1.29 bits per heavy atom. The molecule has 0 spiro atoms. The van der Waals surface area contributed by atoms with Crippen LogP contribution in [-0.4, -0.2) is 43.3 Å². The first-order valence-electron chi connectivity index (χ1n) is 6.91. The van der Waals surface area contributed by atoms with Crippen LogP contribution in [0.25, 0.3) is 0 Å². The summed E-state index contributed by atoms with van der Waals surface area (Å²) in [5.41, 5.74) is 0. The molecule has 2 saturated heterocycles. The van der Waals surface area contributed by atoms with Gasteiger partial charge in [0.15, 0.2) is 0 Å². The van der Waals surface area contributed by atoms with Gasteiger partial charge in [0.2, 0.25) is 0 Å². The molecule has 1 atom stereocenters. The van der Waals surface area contributed by atoms with Crippen molar-refractivity contribution in [1.82, 2.24) is 10.2 Å². The van der Waals surface area contributed by atoms with Gasteiger partial charge in [-0.2, -0.15) is 0 Å². The lowest BCUT2D eigenvalue weighted by atomic mass is 10.00. The number of hydrogen-bond donors (Lipinski definition) is 1. The number of hydrogen-bond acceptors (Lipinski definition) is 3. The number of amides is 1. The molecule has 1 N–H and O–H groups in total. The molecule has 2 aliphatic rings. The van der Waals surface area contributed by atoms with Gasteiger partial charge in [-0.1, -0.05) is 13.3 Å². The summed E-state index contributed by atoms with van der Waals surface area (Å²) >= 11 is 0. The normalized spacial score (nSPS) is 26.9. The van der Waals surface area contributed by atoms with E-state index in [1.165, 1.54) is 12.8 Å². The lowest BCUT2D eigenvalue weighted by Gasteiger charge is -2.30. The van der Waals surface area contributed by atoms with Crippen LogP contribution in [0.3, 0.4) is 0 Å². The number of carbonyl (C=O) groups excluding carboxylic acids is 1. The predicted molar refractivity (Wildman–Crippen MR) is 67.0 cm³/mol. The van der Waals surface area contributed by atoms with Crippen molar-refractivity contribution in [1.29, 1.82) is 0 Å². The highest BCUT2D eigenvalue weighted by molar-refractivity contribution is 5.67. The third kappa shape index (κ3) is 3.87. The van der Waals surface area contributed by atoms with Crippen LogP contribution >= 0.6 is 0 Å². The molecule has 4 heteroatoms. The Labute approximate surface area is 104 Å². The number of rotatable bonds is 2. The van der Waals surface area contributed by atoms with Crippen molar-refractivity contribution in [3.8, 4) is 0 Å². The second-order valence-corrected chi connectivity index (χ2v) is 5.39. The number of likely N-dealkylation sites (tertiary alicyclic amines) is 1. The quantitative estimate of drug-likeness (QED) is 0.802. The Morgan fingerprint density at radius 3 is 2.71 bits per heavy atom. The largest absolute Gasteiger partial charge is 0.448 e. The number of piperidine rings is 2. The lowest BCUT2D eigenvalue weighted by Crippen LogP contribution is -2.42. The fourth-order valence-corrected chi connectivity index (χ4v) is 2.52. The third-order valence-corrected chi connectivity index (χ3v) is 3.86. The molecule has 0 aromatic heterocycles. The maximum absolute atomic E-state index is 11.8. The molecule has 0 radical (unpaired) electrons. The monoisotopic (exact) mass is 240 g/mol. The summed E-state index contributed by atoms with van der Waals surface area (Å²) in [6.07, 6.45) is 5.72. The van der Waals surface area contributed by atoms with Crippen LogP contribution in [-0.2, 0) is 4.74 Å². The molecule has 2 fully saturated rings. The van der Waals surface area contributed by atoms with Crippen molar-refractivity contribution >= 4 is 6.09 Å². The van der Waals surface area contributed by atoms with Gasteiger partial charge in [0.05, 0.1) is 0 Å². The molecule has 17 heavy (non-hydrogen) atoms. The van der Waals surface area contributed by atoms with Crippen LogP contribution in [0.4, 0.5) is 4.79 Å².